The van der Waals surface area contributed by atoms with Crippen molar-refractivity contribution < 1.29 is 14.0 Å². The second-order valence-corrected chi connectivity index (χ2v) is 5.60. The topological polar surface area (TPSA) is 61.4 Å². The van der Waals surface area contributed by atoms with Crippen molar-refractivity contribution in [3.63, 3.8) is 0 Å². The van der Waals surface area contributed by atoms with Gasteiger partial charge in [-0.15, -0.1) is 0 Å². The van der Waals surface area contributed by atoms with Gasteiger partial charge in [0.1, 0.15) is 11.9 Å². The van der Waals surface area contributed by atoms with Gasteiger partial charge in [-0.1, -0.05) is 0 Å². The van der Waals surface area contributed by atoms with Gasteiger partial charge in [0.15, 0.2) is 0 Å². The van der Waals surface area contributed by atoms with E-state index in [1.807, 2.05) is 6.92 Å². The molecule has 2 rings (SSSR count). The number of amides is 2. The van der Waals surface area contributed by atoms with Crippen molar-refractivity contribution in [1.29, 1.82) is 0 Å². The summed E-state index contributed by atoms with van der Waals surface area (Å²) in [5, 5.41) is 5.81. The van der Waals surface area contributed by atoms with Crippen molar-refractivity contribution >= 4 is 27.7 Å². The Morgan fingerprint density at radius 2 is 2.29 bits per heavy atom. The molecule has 1 saturated heterocycles. The number of nitrogens with zero attached hydrogens (tertiary/aromatic N) is 1. The first-order valence-electron chi connectivity index (χ1n) is 6.79. The second-order valence-electron chi connectivity index (χ2n) is 4.74. The molecule has 1 fully saturated rings. The largest absolute Gasteiger partial charge is 0.355 e. The number of hydrogen-bond donors (Lipinski definition) is 2. The number of carbonyl (C=O) groups excluding carboxylic acids is 2. The van der Waals surface area contributed by atoms with E-state index in [1.165, 1.54) is 17.0 Å². The van der Waals surface area contributed by atoms with E-state index >= 15 is 0 Å². The number of nitrogens with one attached hydrogen (secondary N) is 2. The molecular formula is C14H17BrFN3O2. The highest BCUT2D eigenvalue weighted by Crippen LogP contribution is 2.18. The summed E-state index contributed by atoms with van der Waals surface area (Å²) in [5.41, 5.74) is 0.242. The Morgan fingerprint density at radius 3 is 2.95 bits per heavy atom. The van der Waals surface area contributed by atoms with Crippen molar-refractivity contribution in [2.75, 3.05) is 26.2 Å². The first kappa shape index (κ1) is 15.9. The lowest BCUT2D eigenvalue weighted by atomic mass is 10.1. The molecule has 1 unspecified atom stereocenters. The Morgan fingerprint density at radius 1 is 1.52 bits per heavy atom. The highest BCUT2D eigenvalue weighted by Gasteiger charge is 2.32. The molecule has 0 saturated carbocycles. The molecule has 1 aliphatic rings. The third-order valence-electron chi connectivity index (χ3n) is 3.32. The van der Waals surface area contributed by atoms with Gasteiger partial charge in [0, 0.05) is 31.7 Å². The van der Waals surface area contributed by atoms with Crippen molar-refractivity contribution in [3.8, 4) is 0 Å². The number of likely N-dealkylation sites (N-methyl/N-ethyl adjacent to an activating group) is 1. The van der Waals surface area contributed by atoms with Crippen LogP contribution in [0.5, 0.6) is 0 Å². The van der Waals surface area contributed by atoms with Crippen LogP contribution in [0, 0.1) is 5.82 Å². The molecule has 0 aliphatic carbocycles. The number of halogens is 2. The summed E-state index contributed by atoms with van der Waals surface area (Å²) in [7, 11) is 0. The summed E-state index contributed by atoms with van der Waals surface area (Å²) in [4.78, 5) is 26.0. The molecule has 2 amide bonds. The van der Waals surface area contributed by atoms with Crippen molar-refractivity contribution in [3.05, 3.63) is 34.1 Å². The fourth-order valence-corrected chi connectivity index (χ4v) is 2.52. The van der Waals surface area contributed by atoms with Gasteiger partial charge >= 0.3 is 0 Å². The van der Waals surface area contributed by atoms with Crippen LogP contribution in [0.3, 0.4) is 0 Å². The molecule has 0 radical (unpaired) electrons. The van der Waals surface area contributed by atoms with E-state index in [-0.39, 0.29) is 17.4 Å². The lowest BCUT2D eigenvalue weighted by Gasteiger charge is -2.35. The van der Waals surface area contributed by atoms with Gasteiger partial charge in [-0.25, -0.2) is 4.39 Å². The monoisotopic (exact) mass is 357 g/mol. The second kappa shape index (κ2) is 7.00. The maximum Gasteiger partial charge on any atom is 0.254 e. The molecule has 21 heavy (non-hydrogen) atoms. The number of hydrogen-bond acceptors (Lipinski definition) is 3. The normalized spacial score (nSPS) is 18.4. The summed E-state index contributed by atoms with van der Waals surface area (Å²) in [5.74, 6) is -1.03. The summed E-state index contributed by atoms with van der Waals surface area (Å²) in [6, 6.07) is 3.65. The fraction of sp³-hybridized carbons (Fsp3) is 0.429. The number of piperazine rings is 1. The highest BCUT2D eigenvalue weighted by molar-refractivity contribution is 9.10. The fourth-order valence-electron chi connectivity index (χ4n) is 2.27. The molecule has 7 heteroatoms. The number of benzene rings is 1. The van der Waals surface area contributed by atoms with E-state index in [1.54, 1.807) is 6.07 Å². The van der Waals surface area contributed by atoms with Crippen LogP contribution in [-0.4, -0.2) is 48.9 Å². The minimum Gasteiger partial charge on any atom is -0.355 e. The summed E-state index contributed by atoms with van der Waals surface area (Å²) < 4.78 is 13.9. The van der Waals surface area contributed by atoms with Crippen molar-refractivity contribution in [2.45, 2.75) is 13.0 Å². The number of carbonyl (C=O) groups is 2. The smallest absolute Gasteiger partial charge is 0.254 e. The van der Waals surface area contributed by atoms with E-state index in [0.717, 1.165) is 0 Å². The van der Waals surface area contributed by atoms with E-state index in [0.29, 0.717) is 30.7 Å². The molecule has 1 atom stereocenters. The van der Waals surface area contributed by atoms with Crippen LogP contribution in [0.4, 0.5) is 4.39 Å². The molecule has 1 aliphatic heterocycles. The molecule has 1 aromatic carbocycles. The first-order chi connectivity index (χ1) is 10.0. The Bertz CT molecular complexity index is 553. The van der Waals surface area contributed by atoms with Crippen LogP contribution in [0.1, 0.15) is 17.3 Å². The van der Waals surface area contributed by atoms with Gasteiger partial charge in [0.05, 0.1) is 4.47 Å². The highest BCUT2D eigenvalue weighted by atomic mass is 79.9. The SMILES string of the molecule is CCNC(=O)C1CNCCN1C(=O)c1ccc(Br)c(F)c1. The minimum absolute atomic E-state index is 0.198. The first-order valence-corrected chi connectivity index (χ1v) is 7.58. The Balaban J connectivity index is 2.21. The number of rotatable bonds is 3. The Hall–Kier alpha value is -1.47. The minimum atomic E-state index is -0.571. The van der Waals surface area contributed by atoms with Crippen molar-refractivity contribution in [1.82, 2.24) is 15.5 Å². The predicted octanol–water partition coefficient (Wildman–Crippen LogP) is 1.14. The zero-order valence-electron chi connectivity index (χ0n) is 11.7. The predicted molar refractivity (Wildman–Crippen MR) is 80.5 cm³/mol. The molecule has 1 aromatic rings. The van der Waals surface area contributed by atoms with E-state index < -0.39 is 11.9 Å². The zero-order chi connectivity index (χ0) is 15.4. The molecule has 114 valence electrons. The zero-order valence-corrected chi connectivity index (χ0v) is 13.2. The average Bonchev–Trinajstić information content (AvgIpc) is 2.49. The molecule has 0 spiro atoms. The summed E-state index contributed by atoms with van der Waals surface area (Å²) >= 11 is 3.06. The molecule has 5 nitrogen and oxygen atoms in total. The van der Waals surface area contributed by atoms with Gasteiger partial charge in [0.25, 0.3) is 5.91 Å². The van der Waals surface area contributed by atoms with Crippen LogP contribution in [0.25, 0.3) is 0 Å². The van der Waals surface area contributed by atoms with Gasteiger partial charge < -0.3 is 15.5 Å². The quantitative estimate of drug-likeness (QED) is 0.852. The van der Waals surface area contributed by atoms with Crippen LogP contribution in [0.15, 0.2) is 22.7 Å². The van der Waals surface area contributed by atoms with Gasteiger partial charge in [-0.05, 0) is 41.1 Å². The van der Waals surface area contributed by atoms with Gasteiger partial charge in [0.2, 0.25) is 5.91 Å². The van der Waals surface area contributed by atoms with Gasteiger partial charge in [-0.3, -0.25) is 9.59 Å². The van der Waals surface area contributed by atoms with Gasteiger partial charge in [-0.2, -0.15) is 0 Å². The molecule has 0 aromatic heterocycles. The summed E-state index contributed by atoms with van der Waals surface area (Å²) in [6.45, 7) is 3.75. The molecule has 1 heterocycles. The lowest BCUT2D eigenvalue weighted by Crippen LogP contribution is -2.59. The van der Waals surface area contributed by atoms with E-state index in [4.69, 9.17) is 0 Å². The van der Waals surface area contributed by atoms with Crippen LogP contribution in [-0.2, 0) is 4.79 Å². The summed E-state index contributed by atoms with van der Waals surface area (Å²) in [6.07, 6.45) is 0. The maximum absolute atomic E-state index is 13.6. The van der Waals surface area contributed by atoms with Crippen LogP contribution in [0.2, 0.25) is 0 Å². The third kappa shape index (κ3) is 3.59. The maximum atomic E-state index is 13.6. The molecule has 2 N–H and O–H groups in total. The van der Waals surface area contributed by atoms with E-state index in [9.17, 15) is 14.0 Å². The van der Waals surface area contributed by atoms with Crippen LogP contribution < -0.4 is 10.6 Å². The molecule has 0 bridgehead atoms. The van der Waals surface area contributed by atoms with Crippen LogP contribution >= 0.6 is 15.9 Å². The lowest BCUT2D eigenvalue weighted by molar-refractivity contribution is -0.126. The molecular weight excluding hydrogens is 341 g/mol. The van der Waals surface area contributed by atoms with Crippen molar-refractivity contribution in [2.24, 2.45) is 0 Å². The third-order valence-corrected chi connectivity index (χ3v) is 3.97. The Labute approximate surface area is 131 Å². The van der Waals surface area contributed by atoms with E-state index in [2.05, 4.69) is 26.6 Å². The standard InChI is InChI=1S/C14H17BrFN3O2/c1-2-18-13(20)12-8-17-5-6-19(12)14(21)9-3-4-10(15)11(16)7-9/h3-4,7,12,17H,2,5-6,8H2,1H3,(H,18,20). The average molecular weight is 358 g/mol. The Kier molecular flexibility index (Phi) is 5.30.